The van der Waals surface area contributed by atoms with Crippen LogP contribution in [0.4, 0.5) is 5.69 Å². The van der Waals surface area contributed by atoms with Crippen LogP contribution in [0.15, 0.2) is 24.3 Å². The van der Waals surface area contributed by atoms with Crippen molar-refractivity contribution in [2.24, 2.45) is 5.92 Å². The maximum atomic E-state index is 11.8. The maximum absolute atomic E-state index is 11.8. The predicted molar refractivity (Wildman–Crippen MR) is 72.4 cm³/mol. The zero-order chi connectivity index (χ0) is 11.4. The second-order valence-corrected chi connectivity index (χ2v) is 4.48. The van der Waals surface area contributed by atoms with Gasteiger partial charge < -0.3 is 11.1 Å². The van der Waals surface area contributed by atoms with Gasteiger partial charge in [0.05, 0.1) is 0 Å². The zero-order valence-corrected chi connectivity index (χ0v) is 10.6. The molecule has 0 bridgehead atoms. The summed E-state index contributed by atoms with van der Waals surface area (Å²) >= 11 is 0. The molecule has 3 nitrogen and oxygen atoms in total. The molecule has 3 N–H and O–H groups in total. The number of nitrogens with one attached hydrogen (secondary N) is 1. The molecule has 0 saturated heterocycles. The lowest BCUT2D eigenvalue weighted by Crippen LogP contribution is -2.28. The first-order chi connectivity index (χ1) is 7.75. The third-order valence-electron chi connectivity index (χ3n) is 3.20. The van der Waals surface area contributed by atoms with E-state index in [1.807, 2.05) is 0 Å². The molecule has 0 aromatic heterocycles. The van der Waals surface area contributed by atoms with Gasteiger partial charge in [0.1, 0.15) is 0 Å². The summed E-state index contributed by atoms with van der Waals surface area (Å²) < 4.78 is 0. The van der Waals surface area contributed by atoms with Crippen LogP contribution in [0.2, 0.25) is 0 Å². The average Bonchev–Trinajstić information content (AvgIpc) is 2.80. The number of halogens is 1. The summed E-state index contributed by atoms with van der Waals surface area (Å²) in [7, 11) is 0. The topological polar surface area (TPSA) is 55.1 Å². The number of nitrogen functional groups attached to an aromatic ring is 1. The van der Waals surface area contributed by atoms with E-state index in [1.165, 1.54) is 25.7 Å². The second kappa shape index (κ2) is 6.50. The van der Waals surface area contributed by atoms with Crippen molar-refractivity contribution in [2.75, 3.05) is 12.3 Å². The van der Waals surface area contributed by atoms with Crippen molar-refractivity contribution in [3.05, 3.63) is 29.8 Å². The molecule has 1 aromatic carbocycles. The van der Waals surface area contributed by atoms with Gasteiger partial charge in [-0.2, -0.15) is 0 Å². The van der Waals surface area contributed by atoms with E-state index in [2.05, 4.69) is 5.32 Å². The van der Waals surface area contributed by atoms with Gasteiger partial charge in [0.15, 0.2) is 0 Å². The van der Waals surface area contributed by atoms with Crippen molar-refractivity contribution >= 4 is 24.0 Å². The fourth-order valence-electron chi connectivity index (χ4n) is 2.19. The van der Waals surface area contributed by atoms with Crippen LogP contribution in [0.5, 0.6) is 0 Å². The Balaban J connectivity index is 0.00000144. The molecule has 1 aliphatic rings. The first kappa shape index (κ1) is 13.8. The molecule has 1 aromatic rings. The molecule has 1 saturated carbocycles. The van der Waals surface area contributed by atoms with Crippen LogP contribution in [0, 0.1) is 5.92 Å². The Morgan fingerprint density at radius 2 is 1.82 bits per heavy atom. The molecule has 0 heterocycles. The standard InChI is InChI=1S/C13H18N2O.ClH/c14-12-7-5-11(6-8-12)13(16)15-9-10-3-1-2-4-10;/h5-8,10H,1-4,9,14H2,(H,15,16);1H. The van der Waals surface area contributed by atoms with Crippen LogP contribution in [0.3, 0.4) is 0 Å². The number of amides is 1. The second-order valence-electron chi connectivity index (χ2n) is 4.48. The summed E-state index contributed by atoms with van der Waals surface area (Å²) in [5.74, 6) is 0.685. The summed E-state index contributed by atoms with van der Waals surface area (Å²) in [6, 6.07) is 7.04. The Labute approximate surface area is 108 Å². The zero-order valence-electron chi connectivity index (χ0n) is 9.82. The van der Waals surface area contributed by atoms with Gasteiger partial charge in [0.25, 0.3) is 5.91 Å². The van der Waals surface area contributed by atoms with Crippen LogP contribution in [-0.2, 0) is 0 Å². The number of rotatable bonds is 3. The van der Waals surface area contributed by atoms with E-state index < -0.39 is 0 Å². The van der Waals surface area contributed by atoms with Crippen LogP contribution in [-0.4, -0.2) is 12.5 Å². The van der Waals surface area contributed by atoms with Gasteiger partial charge in [0, 0.05) is 17.8 Å². The van der Waals surface area contributed by atoms with Crippen molar-refractivity contribution in [2.45, 2.75) is 25.7 Å². The minimum atomic E-state index is 0. The predicted octanol–water partition coefficient (Wildman–Crippen LogP) is 2.61. The summed E-state index contributed by atoms with van der Waals surface area (Å²) in [5, 5.41) is 2.98. The lowest BCUT2D eigenvalue weighted by molar-refractivity contribution is 0.0947. The monoisotopic (exact) mass is 254 g/mol. The normalized spacial score (nSPS) is 15.3. The van der Waals surface area contributed by atoms with Crippen LogP contribution in [0.25, 0.3) is 0 Å². The van der Waals surface area contributed by atoms with E-state index >= 15 is 0 Å². The van der Waals surface area contributed by atoms with Gasteiger partial charge in [0.2, 0.25) is 0 Å². The van der Waals surface area contributed by atoms with Crippen molar-refractivity contribution < 1.29 is 4.79 Å². The van der Waals surface area contributed by atoms with Gasteiger partial charge >= 0.3 is 0 Å². The van der Waals surface area contributed by atoms with E-state index in [1.54, 1.807) is 24.3 Å². The van der Waals surface area contributed by atoms with Gasteiger partial charge in [-0.05, 0) is 43.0 Å². The molecule has 0 spiro atoms. The Hall–Kier alpha value is -1.22. The molecule has 2 rings (SSSR count). The van der Waals surface area contributed by atoms with E-state index in [4.69, 9.17) is 5.73 Å². The minimum Gasteiger partial charge on any atom is -0.399 e. The summed E-state index contributed by atoms with van der Waals surface area (Å²) in [6.07, 6.45) is 5.12. The van der Waals surface area contributed by atoms with E-state index in [0.717, 1.165) is 6.54 Å². The largest absolute Gasteiger partial charge is 0.399 e. The molecule has 1 aliphatic carbocycles. The van der Waals surface area contributed by atoms with E-state index in [0.29, 0.717) is 17.2 Å². The van der Waals surface area contributed by atoms with Gasteiger partial charge in [-0.3, -0.25) is 4.79 Å². The SMILES string of the molecule is Cl.Nc1ccc(C(=O)NCC2CCCC2)cc1. The Morgan fingerprint density at radius 1 is 1.24 bits per heavy atom. The summed E-state index contributed by atoms with van der Waals surface area (Å²) in [5.41, 5.74) is 6.94. The van der Waals surface area contributed by atoms with Crippen molar-refractivity contribution in [1.82, 2.24) is 5.32 Å². The fraction of sp³-hybridized carbons (Fsp3) is 0.462. The molecule has 0 aliphatic heterocycles. The van der Waals surface area contributed by atoms with Crippen LogP contribution >= 0.6 is 12.4 Å². The highest BCUT2D eigenvalue weighted by atomic mass is 35.5. The molecule has 4 heteroatoms. The molecule has 0 unspecified atom stereocenters. The molecule has 0 radical (unpaired) electrons. The van der Waals surface area contributed by atoms with Gasteiger partial charge in [-0.25, -0.2) is 0 Å². The lowest BCUT2D eigenvalue weighted by atomic mass is 10.1. The number of carbonyl (C=O) groups excluding carboxylic acids is 1. The quantitative estimate of drug-likeness (QED) is 0.815. The molecule has 1 amide bonds. The van der Waals surface area contributed by atoms with Crippen molar-refractivity contribution in [3.8, 4) is 0 Å². The third-order valence-corrected chi connectivity index (χ3v) is 3.20. The van der Waals surface area contributed by atoms with Gasteiger partial charge in [-0.1, -0.05) is 12.8 Å². The van der Waals surface area contributed by atoms with Crippen molar-refractivity contribution in [1.29, 1.82) is 0 Å². The first-order valence-corrected chi connectivity index (χ1v) is 5.89. The number of benzene rings is 1. The molecular formula is C13H19ClN2O. The molecular weight excluding hydrogens is 236 g/mol. The van der Waals surface area contributed by atoms with Crippen LogP contribution in [0.1, 0.15) is 36.0 Å². The summed E-state index contributed by atoms with van der Waals surface area (Å²) in [6.45, 7) is 0.809. The lowest BCUT2D eigenvalue weighted by Gasteiger charge is -2.10. The fourth-order valence-corrected chi connectivity index (χ4v) is 2.19. The maximum Gasteiger partial charge on any atom is 0.251 e. The highest BCUT2D eigenvalue weighted by Crippen LogP contribution is 2.23. The third kappa shape index (κ3) is 3.93. The number of anilines is 1. The number of nitrogens with two attached hydrogens (primary N) is 1. The average molecular weight is 255 g/mol. The van der Waals surface area contributed by atoms with E-state index in [-0.39, 0.29) is 18.3 Å². The molecule has 17 heavy (non-hydrogen) atoms. The molecule has 94 valence electrons. The summed E-state index contributed by atoms with van der Waals surface area (Å²) in [4.78, 5) is 11.8. The Morgan fingerprint density at radius 3 is 2.41 bits per heavy atom. The van der Waals surface area contributed by atoms with Crippen molar-refractivity contribution in [3.63, 3.8) is 0 Å². The molecule has 0 atom stereocenters. The van der Waals surface area contributed by atoms with Crippen LogP contribution < -0.4 is 11.1 Å². The van der Waals surface area contributed by atoms with Gasteiger partial charge in [-0.15, -0.1) is 12.4 Å². The number of carbonyl (C=O) groups is 1. The number of hydrogen-bond donors (Lipinski definition) is 2. The number of hydrogen-bond acceptors (Lipinski definition) is 2. The Kier molecular flexibility index (Phi) is 5.29. The molecule has 1 fully saturated rings. The smallest absolute Gasteiger partial charge is 0.251 e. The first-order valence-electron chi connectivity index (χ1n) is 5.89. The van der Waals surface area contributed by atoms with E-state index in [9.17, 15) is 4.79 Å². The highest BCUT2D eigenvalue weighted by molar-refractivity contribution is 5.94. The Bertz CT molecular complexity index is 358. The highest BCUT2D eigenvalue weighted by Gasteiger charge is 2.15. The minimum absolute atomic E-state index is 0.